The van der Waals surface area contributed by atoms with Crippen molar-refractivity contribution in [3.63, 3.8) is 0 Å². The lowest BCUT2D eigenvalue weighted by Crippen LogP contribution is -1.94. The molecule has 0 heterocycles. The first kappa shape index (κ1) is 9.01. The fraction of sp³-hybridized carbons (Fsp3) is 0.273. The van der Waals surface area contributed by atoms with Crippen LogP contribution in [-0.4, -0.2) is 11.7 Å². The molecular formula is C11H14O. The monoisotopic (exact) mass is 162 g/mol. The first-order valence-corrected chi connectivity index (χ1v) is 4.15. The molecule has 0 radical (unpaired) electrons. The van der Waals surface area contributed by atoms with Crippen molar-refractivity contribution in [3.8, 4) is 0 Å². The molecule has 0 fully saturated rings. The topological polar surface area (TPSA) is 20.2 Å². The zero-order valence-electron chi connectivity index (χ0n) is 7.33. The Morgan fingerprint density at radius 2 is 2.00 bits per heavy atom. The van der Waals surface area contributed by atoms with Crippen LogP contribution in [0.3, 0.4) is 0 Å². The minimum Gasteiger partial charge on any atom is -0.392 e. The fourth-order valence-electron chi connectivity index (χ4n) is 1.11. The van der Waals surface area contributed by atoms with Crippen LogP contribution < -0.4 is 0 Å². The molecule has 0 bridgehead atoms. The number of hydrogen-bond acceptors (Lipinski definition) is 1. The summed E-state index contributed by atoms with van der Waals surface area (Å²) >= 11 is 0. The molecule has 1 rings (SSSR count). The molecule has 0 unspecified atom stereocenters. The first-order chi connectivity index (χ1) is 5.86. The van der Waals surface area contributed by atoms with Crippen molar-refractivity contribution in [2.24, 2.45) is 0 Å². The van der Waals surface area contributed by atoms with Crippen LogP contribution in [0.25, 0.3) is 0 Å². The minimum atomic E-state index is 0.158. The molecule has 0 amide bonds. The lowest BCUT2D eigenvalue weighted by Gasteiger charge is -2.02. The molecule has 1 heteroatoms. The third-order valence-corrected chi connectivity index (χ3v) is 1.89. The minimum absolute atomic E-state index is 0.158. The van der Waals surface area contributed by atoms with Gasteiger partial charge in [-0.1, -0.05) is 36.4 Å². The molecule has 0 aliphatic rings. The van der Waals surface area contributed by atoms with E-state index in [2.05, 4.69) is 12.1 Å². The highest BCUT2D eigenvalue weighted by Crippen LogP contribution is 2.06. The Kier molecular flexibility index (Phi) is 3.55. The summed E-state index contributed by atoms with van der Waals surface area (Å²) in [6, 6.07) is 10.2. The van der Waals surface area contributed by atoms with Crippen LogP contribution in [0.5, 0.6) is 0 Å². The summed E-state index contributed by atoms with van der Waals surface area (Å²) in [5.41, 5.74) is 2.32. The van der Waals surface area contributed by atoms with Gasteiger partial charge < -0.3 is 5.11 Å². The highest BCUT2D eigenvalue weighted by atomic mass is 16.3. The normalized spacial score (nSPS) is 11.7. The quantitative estimate of drug-likeness (QED) is 0.675. The smallest absolute Gasteiger partial charge is 0.0644 e. The van der Waals surface area contributed by atoms with Gasteiger partial charge in [-0.3, -0.25) is 0 Å². The molecule has 0 saturated heterocycles. The van der Waals surface area contributed by atoms with Crippen molar-refractivity contribution >= 4 is 0 Å². The molecule has 1 aromatic carbocycles. The van der Waals surface area contributed by atoms with Crippen LogP contribution in [0.2, 0.25) is 0 Å². The number of aliphatic hydroxyl groups excluding tert-OH is 1. The number of benzene rings is 1. The average Bonchev–Trinajstić information content (AvgIpc) is 2.16. The number of rotatable bonds is 3. The second kappa shape index (κ2) is 4.73. The van der Waals surface area contributed by atoms with Gasteiger partial charge in [-0.05, 0) is 24.5 Å². The van der Waals surface area contributed by atoms with Gasteiger partial charge in [0.1, 0.15) is 0 Å². The van der Waals surface area contributed by atoms with E-state index in [-0.39, 0.29) is 6.61 Å². The van der Waals surface area contributed by atoms with E-state index in [0.717, 1.165) is 12.0 Å². The van der Waals surface area contributed by atoms with Crippen molar-refractivity contribution < 1.29 is 5.11 Å². The Morgan fingerprint density at radius 3 is 2.50 bits per heavy atom. The predicted molar refractivity (Wildman–Crippen MR) is 51.0 cm³/mol. The first-order valence-electron chi connectivity index (χ1n) is 4.15. The third kappa shape index (κ3) is 2.51. The van der Waals surface area contributed by atoms with E-state index in [0.29, 0.717) is 0 Å². The number of aliphatic hydroxyl groups is 1. The van der Waals surface area contributed by atoms with E-state index in [9.17, 15) is 0 Å². The Bertz CT molecular complexity index is 249. The van der Waals surface area contributed by atoms with E-state index in [1.54, 1.807) is 0 Å². The van der Waals surface area contributed by atoms with Crippen LogP contribution in [0, 0.1) is 0 Å². The average molecular weight is 162 g/mol. The Balaban J connectivity index is 2.64. The molecule has 0 atom stereocenters. The van der Waals surface area contributed by atoms with Crippen molar-refractivity contribution in [2.75, 3.05) is 6.61 Å². The van der Waals surface area contributed by atoms with Crippen LogP contribution in [0.15, 0.2) is 42.0 Å². The maximum atomic E-state index is 8.92. The van der Waals surface area contributed by atoms with E-state index < -0.39 is 0 Å². The summed E-state index contributed by atoms with van der Waals surface area (Å²) < 4.78 is 0. The molecular weight excluding hydrogens is 148 g/mol. The fourth-order valence-corrected chi connectivity index (χ4v) is 1.11. The van der Waals surface area contributed by atoms with Gasteiger partial charge in [0.15, 0.2) is 0 Å². The van der Waals surface area contributed by atoms with Crippen molar-refractivity contribution in [1.29, 1.82) is 0 Å². The Morgan fingerprint density at radius 1 is 1.33 bits per heavy atom. The maximum absolute atomic E-state index is 8.92. The highest BCUT2D eigenvalue weighted by Gasteiger charge is 1.95. The van der Waals surface area contributed by atoms with E-state index in [4.69, 9.17) is 5.11 Å². The SMILES string of the molecule is CC=C(CO)Cc1ccccc1. The third-order valence-electron chi connectivity index (χ3n) is 1.89. The molecule has 1 nitrogen and oxygen atoms in total. The molecule has 12 heavy (non-hydrogen) atoms. The van der Waals surface area contributed by atoms with E-state index >= 15 is 0 Å². The molecule has 1 aromatic rings. The molecule has 64 valence electrons. The summed E-state index contributed by atoms with van der Waals surface area (Å²) in [4.78, 5) is 0. The van der Waals surface area contributed by atoms with Crippen LogP contribution in [0.4, 0.5) is 0 Å². The second-order valence-electron chi connectivity index (χ2n) is 2.77. The van der Waals surface area contributed by atoms with Gasteiger partial charge in [-0.2, -0.15) is 0 Å². The molecule has 0 saturated carbocycles. The van der Waals surface area contributed by atoms with Gasteiger partial charge in [-0.25, -0.2) is 0 Å². The maximum Gasteiger partial charge on any atom is 0.0644 e. The molecule has 0 aliphatic carbocycles. The summed E-state index contributed by atoms with van der Waals surface area (Å²) in [5, 5.41) is 8.92. The standard InChI is InChI=1S/C11H14O/c1-2-10(9-12)8-11-6-4-3-5-7-11/h2-7,12H,8-9H2,1H3. The summed E-state index contributed by atoms with van der Waals surface area (Å²) in [5.74, 6) is 0. The second-order valence-corrected chi connectivity index (χ2v) is 2.77. The lowest BCUT2D eigenvalue weighted by molar-refractivity contribution is 0.328. The van der Waals surface area contributed by atoms with Crippen molar-refractivity contribution in [3.05, 3.63) is 47.5 Å². The number of hydrogen-bond donors (Lipinski definition) is 1. The summed E-state index contributed by atoms with van der Waals surface area (Å²) in [6.45, 7) is 2.11. The van der Waals surface area contributed by atoms with Gasteiger partial charge in [-0.15, -0.1) is 0 Å². The van der Waals surface area contributed by atoms with Crippen LogP contribution in [-0.2, 0) is 6.42 Å². The van der Waals surface area contributed by atoms with Crippen molar-refractivity contribution in [1.82, 2.24) is 0 Å². The predicted octanol–water partition coefficient (Wildman–Crippen LogP) is 2.17. The summed E-state index contributed by atoms with van der Waals surface area (Å²) in [6.07, 6.45) is 2.82. The molecule has 0 aliphatic heterocycles. The zero-order chi connectivity index (χ0) is 8.81. The van der Waals surface area contributed by atoms with Crippen LogP contribution in [0.1, 0.15) is 12.5 Å². The van der Waals surface area contributed by atoms with E-state index in [1.165, 1.54) is 5.56 Å². The van der Waals surface area contributed by atoms with Crippen LogP contribution >= 0.6 is 0 Å². The zero-order valence-corrected chi connectivity index (χ0v) is 7.33. The van der Waals surface area contributed by atoms with Gasteiger partial charge in [0.25, 0.3) is 0 Å². The van der Waals surface area contributed by atoms with Gasteiger partial charge >= 0.3 is 0 Å². The molecule has 1 N–H and O–H groups in total. The largest absolute Gasteiger partial charge is 0.392 e. The number of allylic oxidation sites excluding steroid dienone is 1. The van der Waals surface area contributed by atoms with E-state index in [1.807, 2.05) is 31.2 Å². The van der Waals surface area contributed by atoms with Gasteiger partial charge in [0.05, 0.1) is 6.61 Å². The molecule has 0 aromatic heterocycles. The Labute approximate surface area is 73.4 Å². The molecule has 0 spiro atoms. The lowest BCUT2D eigenvalue weighted by atomic mass is 10.1. The van der Waals surface area contributed by atoms with Gasteiger partial charge in [0, 0.05) is 0 Å². The Hall–Kier alpha value is -1.08. The highest BCUT2D eigenvalue weighted by molar-refractivity contribution is 5.21. The summed E-state index contributed by atoms with van der Waals surface area (Å²) in [7, 11) is 0. The van der Waals surface area contributed by atoms with Crippen molar-refractivity contribution in [2.45, 2.75) is 13.3 Å². The van der Waals surface area contributed by atoms with Gasteiger partial charge in [0.2, 0.25) is 0 Å².